The van der Waals surface area contributed by atoms with Gasteiger partial charge in [0.1, 0.15) is 25.3 Å². The van der Waals surface area contributed by atoms with Crippen LogP contribution >= 0.6 is 0 Å². The Morgan fingerprint density at radius 3 is 2.77 bits per heavy atom. The van der Waals surface area contributed by atoms with Gasteiger partial charge in [-0.2, -0.15) is 5.10 Å². The summed E-state index contributed by atoms with van der Waals surface area (Å²) in [6.45, 7) is 6.02. The van der Waals surface area contributed by atoms with Crippen molar-refractivity contribution in [2.24, 2.45) is 0 Å². The van der Waals surface area contributed by atoms with Crippen molar-refractivity contribution in [3.8, 4) is 0 Å². The molecule has 0 unspecified atom stereocenters. The molecular weight excluding hydrogens is 290 g/mol. The van der Waals surface area contributed by atoms with Crippen molar-refractivity contribution in [1.82, 2.24) is 9.78 Å². The predicted octanol–water partition coefficient (Wildman–Crippen LogP) is 1.22. The van der Waals surface area contributed by atoms with Crippen LogP contribution in [0.25, 0.3) is 0 Å². The van der Waals surface area contributed by atoms with Crippen LogP contribution in [0.15, 0.2) is 24.3 Å². The molecule has 8 heteroatoms. The number of hydrogen-bond donors (Lipinski definition) is 1. The summed E-state index contributed by atoms with van der Waals surface area (Å²) in [5.74, 6) is -0.690. The Balaban J connectivity index is 1.93. The number of aromatic nitrogens is 2. The van der Waals surface area contributed by atoms with E-state index in [0.29, 0.717) is 12.4 Å². The highest BCUT2D eigenvalue weighted by Gasteiger charge is 2.24. The number of anilines is 1. The van der Waals surface area contributed by atoms with Crippen LogP contribution in [-0.2, 0) is 23.8 Å². The van der Waals surface area contributed by atoms with Gasteiger partial charge in [-0.25, -0.2) is 9.48 Å². The molecule has 0 bridgehead atoms. The van der Waals surface area contributed by atoms with Gasteiger partial charge in [0.15, 0.2) is 6.10 Å². The largest absolute Gasteiger partial charge is 0.493 e. The molecule has 120 valence electrons. The molecule has 1 aromatic heterocycles. The topological polar surface area (TPSA) is 91.7 Å². The number of carbonyl (C=O) groups is 2. The maximum atomic E-state index is 12.1. The normalized spacial score (nSPS) is 15.4. The summed E-state index contributed by atoms with van der Waals surface area (Å²) in [5, 5.41) is 6.78. The SMILES string of the molecule is CC(C)n1nccc1NC(=O)[C@H](C)OC(=O)C1=COCCO1. The van der Waals surface area contributed by atoms with Crippen molar-refractivity contribution in [2.75, 3.05) is 18.5 Å². The van der Waals surface area contributed by atoms with Gasteiger partial charge in [-0.15, -0.1) is 0 Å². The molecule has 0 spiro atoms. The molecule has 1 aliphatic heterocycles. The Morgan fingerprint density at radius 2 is 2.14 bits per heavy atom. The van der Waals surface area contributed by atoms with E-state index in [9.17, 15) is 9.59 Å². The first kappa shape index (κ1) is 15.9. The minimum Gasteiger partial charge on any atom is -0.493 e. The average Bonchev–Trinajstić information content (AvgIpc) is 2.96. The van der Waals surface area contributed by atoms with Gasteiger partial charge in [-0.3, -0.25) is 4.79 Å². The second kappa shape index (κ2) is 6.97. The molecule has 0 aromatic carbocycles. The van der Waals surface area contributed by atoms with E-state index in [1.165, 1.54) is 13.2 Å². The maximum absolute atomic E-state index is 12.1. The van der Waals surface area contributed by atoms with Gasteiger partial charge in [0, 0.05) is 12.1 Å². The number of nitrogens with one attached hydrogen (secondary N) is 1. The van der Waals surface area contributed by atoms with Crippen molar-refractivity contribution in [3.05, 3.63) is 24.3 Å². The molecule has 0 fully saturated rings. The van der Waals surface area contributed by atoms with Crippen LogP contribution in [0.1, 0.15) is 26.8 Å². The molecule has 22 heavy (non-hydrogen) atoms. The van der Waals surface area contributed by atoms with E-state index in [1.54, 1.807) is 16.9 Å². The molecule has 0 saturated heterocycles. The third kappa shape index (κ3) is 3.78. The Bertz CT molecular complexity index is 579. The highest BCUT2D eigenvalue weighted by molar-refractivity contribution is 5.96. The molecule has 1 amide bonds. The molecule has 2 rings (SSSR count). The number of amides is 1. The number of nitrogens with zero attached hydrogens (tertiary/aromatic N) is 2. The van der Waals surface area contributed by atoms with Gasteiger partial charge < -0.3 is 19.5 Å². The number of esters is 1. The van der Waals surface area contributed by atoms with E-state index in [4.69, 9.17) is 14.2 Å². The summed E-state index contributed by atoms with van der Waals surface area (Å²) in [4.78, 5) is 23.9. The first-order chi connectivity index (χ1) is 10.5. The van der Waals surface area contributed by atoms with Crippen LogP contribution in [0, 0.1) is 0 Å². The Hall–Kier alpha value is -2.51. The van der Waals surface area contributed by atoms with Gasteiger partial charge in [-0.05, 0) is 20.8 Å². The fraction of sp³-hybridized carbons (Fsp3) is 0.500. The van der Waals surface area contributed by atoms with E-state index in [2.05, 4.69) is 10.4 Å². The zero-order chi connectivity index (χ0) is 16.1. The van der Waals surface area contributed by atoms with Crippen LogP contribution in [0.4, 0.5) is 5.82 Å². The van der Waals surface area contributed by atoms with Crippen molar-refractivity contribution < 1.29 is 23.8 Å². The van der Waals surface area contributed by atoms with Crippen molar-refractivity contribution in [1.29, 1.82) is 0 Å². The van der Waals surface area contributed by atoms with Gasteiger partial charge in [-0.1, -0.05) is 0 Å². The second-order valence-corrected chi connectivity index (χ2v) is 4.99. The summed E-state index contributed by atoms with van der Waals surface area (Å²) in [6.07, 6.45) is 1.80. The number of carbonyl (C=O) groups excluding carboxylic acids is 2. The molecule has 0 aliphatic carbocycles. The molecule has 2 heterocycles. The average molecular weight is 309 g/mol. The van der Waals surface area contributed by atoms with Crippen molar-refractivity contribution >= 4 is 17.7 Å². The Kier molecular flexibility index (Phi) is 5.03. The summed E-state index contributed by atoms with van der Waals surface area (Å²) in [6, 6.07) is 1.77. The fourth-order valence-electron chi connectivity index (χ4n) is 1.80. The Labute approximate surface area is 128 Å². The summed E-state index contributed by atoms with van der Waals surface area (Å²) in [7, 11) is 0. The Morgan fingerprint density at radius 1 is 1.36 bits per heavy atom. The van der Waals surface area contributed by atoms with E-state index in [1.807, 2.05) is 13.8 Å². The lowest BCUT2D eigenvalue weighted by Crippen LogP contribution is -2.32. The summed E-state index contributed by atoms with van der Waals surface area (Å²) < 4.78 is 16.8. The second-order valence-electron chi connectivity index (χ2n) is 4.99. The van der Waals surface area contributed by atoms with E-state index in [-0.39, 0.29) is 18.4 Å². The zero-order valence-corrected chi connectivity index (χ0v) is 12.7. The first-order valence-electron chi connectivity index (χ1n) is 6.99. The van der Waals surface area contributed by atoms with Crippen LogP contribution in [0.3, 0.4) is 0 Å². The molecule has 0 radical (unpaired) electrons. The standard InChI is InChI=1S/C14H19N3O5/c1-9(2)17-12(4-5-15-17)16-13(18)10(3)22-14(19)11-8-20-6-7-21-11/h4-5,8-10H,6-7H2,1-3H3,(H,16,18)/t10-/m0/s1. The quantitative estimate of drug-likeness (QED) is 0.822. The highest BCUT2D eigenvalue weighted by atomic mass is 16.6. The minimum atomic E-state index is -0.977. The van der Waals surface area contributed by atoms with E-state index in [0.717, 1.165) is 0 Å². The van der Waals surface area contributed by atoms with Crippen LogP contribution in [-0.4, -0.2) is 41.0 Å². The van der Waals surface area contributed by atoms with E-state index < -0.39 is 18.0 Å². The lowest BCUT2D eigenvalue weighted by molar-refractivity contribution is -0.153. The van der Waals surface area contributed by atoms with Crippen molar-refractivity contribution in [3.63, 3.8) is 0 Å². The van der Waals surface area contributed by atoms with Gasteiger partial charge in [0.2, 0.25) is 5.76 Å². The molecule has 1 atom stereocenters. The molecule has 1 aromatic rings. The van der Waals surface area contributed by atoms with Gasteiger partial charge in [0.25, 0.3) is 5.91 Å². The number of rotatable bonds is 5. The van der Waals surface area contributed by atoms with Gasteiger partial charge >= 0.3 is 5.97 Å². The molecule has 0 saturated carbocycles. The first-order valence-corrected chi connectivity index (χ1v) is 6.99. The predicted molar refractivity (Wildman–Crippen MR) is 76.8 cm³/mol. The smallest absolute Gasteiger partial charge is 0.377 e. The third-order valence-corrected chi connectivity index (χ3v) is 2.91. The lowest BCUT2D eigenvalue weighted by Gasteiger charge is -2.18. The summed E-state index contributed by atoms with van der Waals surface area (Å²) in [5.41, 5.74) is 0. The number of ether oxygens (including phenoxy) is 3. The molecule has 1 N–H and O–H groups in total. The van der Waals surface area contributed by atoms with Gasteiger partial charge in [0.05, 0.1) is 6.20 Å². The van der Waals surface area contributed by atoms with Crippen molar-refractivity contribution in [2.45, 2.75) is 32.9 Å². The minimum absolute atomic E-state index is 0.0434. The van der Waals surface area contributed by atoms with E-state index >= 15 is 0 Å². The zero-order valence-electron chi connectivity index (χ0n) is 12.7. The number of hydrogen-bond acceptors (Lipinski definition) is 6. The fourth-order valence-corrected chi connectivity index (χ4v) is 1.80. The molecule has 1 aliphatic rings. The third-order valence-electron chi connectivity index (χ3n) is 2.91. The van der Waals surface area contributed by atoms with Crippen LogP contribution in [0.5, 0.6) is 0 Å². The molecular formula is C14H19N3O5. The van der Waals surface area contributed by atoms with Crippen LogP contribution < -0.4 is 5.32 Å². The van der Waals surface area contributed by atoms with Crippen LogP contribution in [0.2, 0.25) is 0 Å². The summed E-state index contributed by atoms with van der Waals surface area (Å²) >= 11 is 0. The maximum Gasteiger partial charge on any atom is 0.377 e. The lowest BCUT2D eigenvalue weighted by atomic mass is 10.3. The monoisotopic (exact) mass is 309 g/mol. The highest BCUT2D eigenvalue weighted by Crippen LogP contribution is 2.14. The molecule has 8 nitrogen and oxygen atoms in total.